The Morgan fingerprint density at radius 2 is 1.72 bits per heavy atom. The van der Waals surface area contributed by atoms with Crippen molar-refractivity contribution in [2.75, 3.05) is 26.0 Å². The van der Waals surface area contributed by atoms with Gasteiger partial charge in [0, 0.05) is 25.7 Å². The molecule has 25 heavy (non-hydrogen) atoms. The number of carbonyl (C=O) groups excluding carboxylic acids is 1. The molecular weight excluding hydrogens is 340 g/mol. The highest BCUT2D eigenvalue weighted by molar-refractivity contribution is 7.89. The maximum atomic E-state index is 12.4. The lowest BCUT2D eigenvalue weighted by molar-refractivity contribution is -0.116. The number of ether oxygens (including phenoxy) is 1. The zero-order valence-electron chi connectivity index (χ0n) is 14.3. The molecule has 0 fully saturated rings. The average Bonchev–Trinajstić information content (AvgIpc) is 2.63. The maximum Gasteiger partial charge on any atom is 0.242 e. The molecule has 0 radical (unpaired) electrons. The van der Waals surface area contributed by atoms with Crippen LogP contribution in [0.25, 0.3) is 0 Å². The third-order valence-corrected chi connectivity index (χ3v) is 5.57. The molecule has 2 aromatic carbocycles. The number of hydrogen-bond acceptors (Lipinski definition) is 4. The minimum Gasteiger partial charge on any atom is -0.497 e. The molecule has 0 spiro atoms. The number of methoxy groups -OCH3 is 1. The van der Waals surface area contributed by atoms with Crippen LogP contribution in [0.1, 0.15) is 12.8 Å². The molecular formula is C18H22N2O4S. The van der Waals surface area contributed by atoms with Gasteiger partial charge in [-0.1, -0.05) is 18.2 Å². The number of amides is 1. The van der Waals surface area contributed by atoms with Gasteiger partial charge in [-0.15, -0.1) is 0 Å². The Hall–Kier alpha value is -2.38. The van der Waals surface area contributed by atoms with Gasteiger partial charge in [0.1, 0.15) is 5.75 Å². The standard InChI is InChI=1S/C18H22N2O4S/c1-20(25(22,23)17-7-4-3-5-8-17)14-6-9-18(21)19-15-10-12-16(24-2)13-11-15/h3-5,7-8,10-13H,6,9,14H2,1-2H3,(H,19,21). The van der Waals surface area contributed by atoms with Crippen molar-refractivity contribution in [2.24, 2.45) is 0 Å². The summed E-state index contributed by atoms with van der Waals surface area (Å²) in [5.41, 5.74) is 0.677. The SMILES string of the molecule is COc1ccc(NC(=O)CCCN(C)S(=O)(=O)c2ccccc2)cc1. The van der Waals surface area contributed by atoms with E-state index in [1.807, 2.05) is 0 Å². The van der Waals surface area contributed by atoms with E-state index in [1.54, 1.807) is 61.7 Å². The lowest BCUT2D eigenvalue weighted by atomic mass is 10.2. The molecule has 0 unspecified atom stereocenters. The molecule has 1 N–H and O–H groups in total. The van der Waals surface area contributed by atoms with Crippen LogP contribution in [0.2, 0.25) is 0 Å². The Labute approximate surface area is 148 Å². The Morgan fingerprint density at radius 3 is 2.32 bits per heavy atom. The smallest absolute Gasteiger partial charge is 0.242 e. The Kier molecular flexibility index (Phi) is 6.55. The highest BCUT2D eigenvalue weighted by Gasteiger charge is 2.20. The van der Waals surface area contributed by atoms with Gasteiger partial charge in [-0.3, -0.25) is 4.79 Å². The van der Waals surface area contributed by atoms with Crippen LogP contribution in [-0.4, -0.2) is 39.3 Å². The highest BCUT2D eigenvalue weighted by atomic mass is 32.2. The number of benzene rings is 2. The average molecular weight is 362 g/mol. The second kappa shape index (κ2) is 8.64. The van der Waals surface area contributed by atoms with E-state index in [0.717, 1.165) is 0 Å². The molecule has 0 aliphatic rings. The maximum absolute atomic E-state index is 12.4. The van der Waals surface area contributed by atoms with Crippen molar-refractivity contribution in [1.82, 2.24) is 4.31 Å². The van der Waals surface area contributed by atoms with E-state index in [4.69, 9.17) is 4.74 Å². The van der Waals surface area contributed by atoms with Crippen LogP contribution < -0.4 is 10.1 Å². The van der Waals surface area contributed by atoms with Gasteiger partial charge in [0.15, 0.2) is 0 Å². The van der Waals surface area contributed by atoms with Crippen LogP contribution >= 0.6 is 0 Å². The first-order chi connectivity index (χ1) is 11.9. The monoisotopic (exact) mass is 362 g/mol. The lowest BCUT2D eigenvalue weighted by Gasteiger charge is -2.17. The van der Waals surface area contributed by atoms with E-state index >= 15 is 0 Å². The third kappa shape index (κ3) is 5.30. The summed E-state index contributed by atoms with van der Waals surface area (Å²) in [5, 5.41) is 2.77. The fraction of sp³-hybridized carbons (Fsp3) is 0.278. The molecule has 0 atom stereocenters. The van der Waals surface area contributed by atoms with Gasteiger partial charge < -0.3 is 10.1 Å². The van der Waals surface area contributed by atoms with Gasteiger partial charge in [-0.2, -0.15) is 0 Å². The van der Waals surface area contributed by atoms with Crippen LogP contribution in [0.5, 0.6) is 5.75 Å². The predicted octanol–water partition coefficient (Wildman–Crippen LogP) is 2.73. The van der Waals surface area contributed by atoms with E-state index in [9.17, 15) is 13.2 Å². The summed E-state index contributed by atoms with van der Waals surface area (Å²) < 4.78 is 31.1. The molecule has 2 aromatic rings. The van der Waals surface area contributed by atoms with Crippen molar-refractivity contribution in [2.45, 2.75) is 17.7 Å². The normalized spacial score (nSPS) is 11.3. The first kappa shape index (κ1) is 19.0. The number of anilines is 1. The van der Waals surface area contributed by atoms with Gasteiger partial charge in [-0.25, -0.2) is 12.7 Å². The van der Waals surface area contributed by atoms with E-state index in [0.29, 0.717) is 17.9 Å². The van der Waals surface area contributed by atoms with Gasteiger partial charge in [0.05, 0.1) is 12.0 Å². The third-order valence-electron chi connectivity index (χ3n) is 3.70. The molecule has 1 amide bonds. The predicted molar refractivity (Wildman–Crippen MR) is 97.1 cm³/mol. The van der Waals surface area contributed by atoms with E-state index in [-0.39, 0.29) is 23.8 Å². The van der Waals surface area contributed by atoms with Crippen molar-refractivity contribution >= 4 is 21.6 Å². The van der Waals surface area contributed by atoms with Crippen molar-refractivity contribution in [1.29, 1.82) is 0 Å². The van der Waals surface area contributed by atoms with E-state index in [1.165, 1.54) is 11.4 Å². The number of hydrogen-bond donors (Lipinski definition) is 1. The van der Waals surface area contributed by atoms with Gasteiger partial charge >= 0.3 is 0 Å². The number of sulfonamides is 1. The summed E-state index contributed by atoms with van der Waals surface area (Å²) in [5.74, 6) is 0.557. The molecule has 0 saturated heterocycles. The number of nitrogens with one attached hydrogen (secondary N) is 1. The van der Waals surface area contributed by atoms with Crippen LogP contribution in [0.4, 0.5) is 5.69 Å². The minimum atomic E-state index is -3.52. The van der Waals surface area contributed by atoms with Crippen molar-refractivity contribution in [3.8, 4) is 5.75 Å². The van der Waals surface area contributed by atoms with E-state index < -0.39 is 10.0 Å². The highest BCUT2D eigenvalue weighted by Crippen LogP contribution is 2.16. The van der Waals surface area contributed by atoms with Gasteiger partial charge in [-0.05, 0) is 42.8 Å². The largest absolute Gasteiger partial charge is 0.497 e. The van der Waals surface area contributed by atoms with Crippen LogP contribution in [-0.2, 0) is 14.8 Å². The Morgan fingerprint density at radius 1 is 1.08 bits per heavy atom. The molecule has 0 saturated carbocycles. The summed E-state index contributed by atoms with van der Waals surface area (Å²) in [4.78, 5) is 12.2. The number of carbonyl (C=O) groups is 1. The van der Waals surface area contributed by atoms with Gasteiger partial charge in [0.2, 0.25) is 15.9 Å². The summed E-state index contributed by atoms with van der Waals surface area (Å²) in [6.07, 6.45) is 0.672. The molecule has 0 aliphatic heterocycles. The van der Waals surface area contributed by atoms with Crippen LogP contribution in [0.15, 0.2) is 59.5 Å². The zero-order valence-corrected chi connectivity index (χ0v) is 15.1. The van der Waals surface area contributed by atoms with Crippen LogP contribution in [0, 0.1) is 0 Å². The topological polar surface area (TPSA) is 75.7 Å². The fourth-order valence-corrected chi connectivity index (χ4v) is 3.48. The van der Waals surface area contributed by atoms with E-state index in [2.05, 4.69) is 5.32 Å². The summed E-state index contributed by atoms with van der Waals surface area (Å²) in [6.45, 7) is 0.271. The summed E-state index contributed by atoms with van der Waals surface area (Å²) >= 11 is 0. The molecule has 2 rings (SSSR count). The summed E-state index contributed by atoms with van der Waals surface area (Å²) in [7, 11) is -0.421. The molecule has 0 bridgehead atoms. The van der Waals surface area contributed by atoms with Crippen molar-refractivity contribution < 1.29 is 17.9 Å². The fourth-order valence-electron chi connectivity index (χ4n) is 2.25. The first-order valence-electron chi connectivity index (χ1n) is 7.89. The molecule has 6 nitrogen and oxygen atoms in total. The molecule has 7 heteroatoms. The Bertz CT molecular complexity index is 790. The van der Waals surface area contributed by atoms with Crippen molar-refractivity contribution in [3.05, 3.63) is 54.6 Å². The second-order valence-corrected chi connectivity index (χ2v) is 7.56. The van der Waals surface area contributed by atoms with Crippen LogP contribution in [0.3, 0.4) is 0 Å². The first-order valence-corrected chi connectivity index (χ1v) is 9.33. The second-order valence-electron chi connectivity index (χ2n) is 5.52. The Balaban J connectivity index is 1.82. The molecule has 0 heterocycles. The quantitative estimate of drug-likeness (QED) is 0.783. The molecule has 0 aromatic heterocycles. The number of nitrogens with zero attached hydrogens (tertiary/aromatic N) is 1. The molecule has 134 valence electrons. The summed E-state index contributed by atoms with van der Waals surface area (Å²) in [6, 6.07) is 15.3. The zero-order chi connectivity index (χ0) is 18.3. The molecule has 0 aliphatic carbocycles. The van der Waals surface area contributed by atoms with Gasteiger partial charge in [0.25, 0.3) is 0 Å². The lowest BCUT2D eigenvalue weighted by Crippen LogP contribution is -2.28. The van der Waals surface area contributed by atoms with Crippen molar-refractivity contribution in [3.63, 3.8) is 0 Å². The number of rotatable bonds is 8. The minimum absolute atomic E-state index is 0.157.